The summed E-state index contributed by atoms with van der Waals surface area (Å²) in [5.41, 5.74) is 2.97. The number of ether oxygens (including phenoxy) is 2. The molecule has 8 heteroatoms. The first-order valence-corrected chi connectivity index (χ1v) is 11.4. The zero-order valence-corrected chi connectivity index (χ0v) is 19.3. The van der Waals surface area contributed by atoms with Crippen LogP contribution in [0.4, 0.5) is 10.2 Å². The average Bonchev–Trinajstić information content (AvgIpc) is 3.67. The molecule has 2 fully saturated rings. The number of anilines is 1. The van der Waals surface area contributed by atoms with Gasteiger partial charge < -0.3 is 19.3 Å². The topological polar surface area (TPSA) is 72.0 Å². The highest BCUT2D eigenvalue weighted by atomic mass is 19.1. The van der Waals surface area contributed by atoms with Crippen molar-refractivity contribution in [2.75, 3.05) is 45.4 Å². The zero-order chi connectivity index (χ0) is 23.5. The highest BCUT2D eigenvalue weighted by Gasteiger charge is 2.34. The largest absolute Gasteiger partial charge is 0.465 e. The predicted octanol–water partition coefficient (Wildman–Crippen LogP) is 3.63. The number of halogens is 1. The van der Waals surface area contributed by atoms with Crippen molar-refractivity contribution in [1.29, 1.82) is 0 Å². The Hall–Kier alpha value is -3.00. The summed E-state index contributed by atoms with van der Waals surface area (Å²) in [6, 6.07) is 8.06. The van der Waals surface area contributed by atoms with Crippen molar-refractivity contribution in [2.24, 2.45) is 0 Å². The maximum absolute atomic E-state index is 13.5. The summed E-state index contributed by atoms with van der Waals surface area (Å²) in [5, 5.41) is 0. The Labute approximate surface area is 193 Å². The number of hydrogen-bond acceptors (Lipinski definition) is 6. The maximum Gasteiger partial charge on any atom is 0.341 e. The van der Waals surface area contributed by atoms with Crippen LogP contribution in [0.15, 0.2) is 30.3 Å². The van der Waals surface area contributed by atoms with Gasteiger partial charge >= 0.3 is 5.97 Å². The minimum Gasteiger partial charge on any atom is -0.465 e. The number of pyridine rings is 1. The Morgan fingerprint density at radius 2 is 1.88 bits per heavy atom. The molecule has 1 amide bonds. The predicted molar refractivity (Wildman–Crippen MR) is 123 cm³/mol. The third kappa shape index (κ3) is 5.00. The van der Waals surface area contributed by atoms with Gasteiger partial charge in [0.15, 0.2) is 0 Å². The third-order valence-electron chi connectivity index (χ3n) is 6.32. The Balaban J connectivity index is 1.68. The molecule has 0 spiro atoms. The van der Waals surface area contributed by atoms with E-state index in [4.69, 9.17) is 14.5 Å². The van der Waals surface area contributed by atoms with Gasteiger partial charge in [0, 0.05) is 44.3 Å². The Morgan fingerprint density at radius 1 is 1.15 bits per heavy atom. The fourth-order valence-electron chi connectivity index (χ4n) is 4.40. The van der Waals surface area contributed by atoms with Gasteiger partial charge in [0.25, 0.3) is 0 Å². The molecule has 2 aliphatic rings. The molecule has 1 unspecified atom stereocenters. The number of nitrogens with zero attached hydrogens (tertiary/aromatic N) is 3. The van der Waals surface area contributed by atoms with Crippen molar-refractivity contribution >= 4 is 17.7 Å². The molecular formula is C25H30FN3O4. The lowest BCUT2D eigenvalue weighted by atomic mass is 9.98. The minimum absolute atomic E-state index is 0.0310. The summed E-state index contributed by atoms with van der Waals surface area (Å²) in [4.78, 5) is 34.2. The first kappa shape index (κ1) is 23.2. The number of carbonyl (C=O) groups excluding carboxylic acids is 2. The molecule has 4 rings (SSSR count). The number of amides is 1. The molecule has 1 aromatic carbocycles. The summed E-state index contributed by atoms with van der Waals surface area (Å²) in [5.74, 6) is 0.205. The lowest BCUT2D eigenvalue weighted by molar-refractivity contribution is -0.134. The number of rotatable bonds is 7. The molecule has 1 saturated carbocycles. The van der Waals surface area contributed by atoms with Crippen LogP contribution >= 0.6 is 0 Å². The summed E-state index contributed by atoms with van der Waals surface area (Å²) in [6.07, 6.45) is 2.43. The van der Waals surface area contributed by atoms with Gasteiger partial charge in [-0.05, 0) is 43.5 Å². The first-order valence-electron chi connectivity index (χ1n) is 11.4. The molecule has 1 aliphatic heterocycles. The van der Waals surface area contributed by atoms with Crippen LogP contribution in [0.2, 0.25) is 0 Å². The number of hydrogen-bond donors (Lipinski definition) is 0. The van der Waals surface area contributed by atoms with Gasteiger partial charge in [-0.2, -0.15) is 0 Å². The molecule has 2 aromatic rings. The van der Waals surface area contributed by atoms with Gasteiger partial charge in [-0.1, -0.05) is 12.1 Å². The van der Waals surface area contributed by atoms with Crippen molar-refractivity contribution in [3.05, 3.63) is 47.4 Å². The summed E-state index contributed by atoms with van der Waals surface area (Å²) in [6.45, 7) is 4.08. The van der Waals surface area contributed by atoms with Crippen LogP contribution in [0, 0.1) is 5.82 Å². The SMILES string of the molecule is COCCC(=O)N1CCN(c2nc(C3CC3)c(-c3ccc(F)cc3)cc2C(=O)OC)CC1C. The number of esters is 1. The van der Waals surface area contributed by atoms with E-state index >= 15 is 0 Å². The molecule has 176 valence electrons. The van der Waals surface area contributed by atoms with E-state index in [1.807, 2.05) is 17.9 Å². The second-order valence-corrected chi connectivity index (χ2v) is 8.69. The van der Waals surface area contributed by atoms with Gasteiger partial charge in [0.05, 0.1) is 25.8 Å². The van der Waals surface area contributed by atoms with Crippen LogP contribution in [0.5, 0.6) is 0 Å². The maximum atomic E-state index is 13.5. The monoisotopic (exact) mass is 455 g/mol. The van der Waals surface area contributed by atoms with Crippen molar-refractivity contribution < 1.29 is 23.5 Å². The number of carbonyl (C=O) groups is 2. The van der Waals surface area contributed by atoms with E-state index in [0.29, 0.717) is 50.0 Å². The van der Waals surface area contributed by atoms with E-state index in [9.17, 15) is 14.0 Å². The molecule has 1 atom stereocenters. The van der Waals surface area contributed by atoms with Gasteiger partial charge in [-0.3, -0.25) is 4.79 Å². The van der Waals surface area contributed by atoms with E-state index in [1.54, 1.807) is 19.2 Å². The van der Waals surface area contributed by atoms with Crippen LogP contribution in [-0.4, -0.2) is 68.3 Å². The van der Waals surface area contributed by atoms with E-state index in [0.717, 1.165) is 29.7 Å². The highest BCUT2D eigenvalue weighted by Crippen LogP contribution is 2.45. The molecule has 1 aliphatic carbocycles. The lowest BCUT2D eigenvalue weighted by Crippen LogP contribution is -2.54. The molecular weight excluding hydrogens is 425 g/mol. The second kappa shape index (κ2) is 9.87. The molecule has 0 bridgehead atoms. The van der Waals surface area contributed by atoms with Crippen LogP contribution in [-0.2, 0) is 14.3 Å². The van der Waals surface area contributed by atoms with E-state index < -0.39 is 5.97 Å². The van der Waals surface area contributed by atoms with Crippen molar-refractivity contribution in [1.82, 2.24) is 9.88 Å². The number of aromatic nitrogens is 1. The standard InChI is InChI=1S/C25H30FN3O4/c1-16-15-28(11-12-29(16)22(30)10-13-32-2)24-21(25(31)33-3)14-20(23(27-24)18-4-5-18)17-6-8-19(26)9-7-17/h6-9,14,16,18H,4-5,10-13,15H2,1-3H3. The first-order chi connectivity index (χ1) is 15.9. The fourth-order valence-corrected chi connectivity index (χ4v) is 4.40. The van der Waals surface area contributed by atoms with E-state index in [-0.39, 0.29) is 17.8 Å². The van der Waals surface area contributed by atoms with E-state index in [2.05, 4.69) is 4.90 Å². The molecule has 7 nitrogen and oxygen atoms in total. The molecule has 1 aromatic heterocycles. The van der Waals surface area contributed by atoms with Gasteiger partial charge in [0.1, 0.15) is 17.2 Å². The molecule has 0 N–H and O–H groups in total. The Kier molecular flexibility index (Phi) is 6.93. The lowest BCUT2D eigenvalue weighted by Gasteiger charge is -2.41. The number of methoxy groups -OCH3 is 2. The fraction of sp³-hybridized carbons (Fsp3) is 0.480. The average molecular weight is 456 g/mol. The van der Waals surface area contributed by atoms with Gasteiger partial charge in [-0.15, -0.1) is 0 Å². The van der Waals surface area contributed by atoms with Crippen molar-refractivity contribution in [3.63, 3.8) is 0 Å². The van der Waals surface area contributed by atoms with Crippen LogP contribution in [0.3, 0.4) is 0 Å². The summed E-state index contributed by atoms with van der Waals surface area (Å²) < 4.78 is 23.6. The van der Waals surface area contributed by atoms with Gasteiger partial charge in [-0.25, -0.2) is 14.2 Å². The summed E-state index contributed by atoms with van der Waals surface area (Å²) in [7, 11) is 2.94. The second-order valence-electron chi connectivity index (χ2n) is 8.69. The minimum atomic E-state index is -0.463. The number of benzene rings is 1. The quantitative estimate of drug-likeness (QED) is 0.594. The van der Waals surface area contributed by atoms with Crippen LogP contribution < -0.4 is 4.90 Å². The number of piperazine rings is 1. The van der Waals surface area contributed by atoms with E-state index in [1.165, 1.54) is 19.2 Å². The normalized spacial score (nSPS) is 18.4. The van der Waals surface area contributed by atoms with Gasteiger partial charge in [0.2, 0.25) is 5.91 Å². The van der Waals surface area contributed by atoms with Crippen molar-refractivity contribution in [2.45, 2.75) is 38.1 Å². The Bertz CT molecular complexity index is 1020. The molecule has 33 heavy (non-hydrogen) atoms. The molecule has 0 radical (unpaired) electrons. The zero-order valence-electron chi connectivity index (χ0n) is 19.3. The highest BCUT2D eigenvalue weighted by molar-refractivity contribution is 5.96. The van der Waals surface area contributed by atoms with Crippen molar-refractivity contribution in [3.8, 4) is 11.1 Å². The van der Waals surface area contributed by atoms with Crippen LogP contribution in [0.1, 0.15) is 48.2 Å². The molecule has 1 saturated heterocycles. The summed E-state index contributed by atoms with van der Waals surface area (Å²) >= 11 is 0. The smallest absolute Gasteiger partial charge is 0.341 e. The Morgan fingerprint density at radius 3 is 2.48 bits per heavy atom. The molecule has 2 heterocycles. The third-order valence-corrected chi connectivity index (χ3v) is 6.32. The van der Waals surface area contributed by atoms with Crippen LogP contribution in [0.25, 0.3) is 11.1 Å².